The Morgan fingerprint density at radius 2 is 1.93 bits per heavy atom. The van der Waals surface area contributed by atoms with E-state index in [2.05, 4.69) is 10.4 Å². The zero-order valence-electron chi connectivity index (χ0n) is 14.7. The molecule has 0 spiro atoms. The van der Waals surface area contributed by atoms with Crippen molar-refractivity contribution in [3.63, 3.8) is 0 Å². The highest BCUT2D eigenvalue weighted by Gasteiger charge is 2.16. The van der Waals surface area contributed by atoms with Crippen molar-refractivity contribution in [3.05, 3.63) is 65.4 Å². The molecule has 3 N–H and O–H groups in total. The quantitative estimate of drug-likeness (QED) is 0.612. The fourth-order valence-electron chi connectivity index (χ4n) is 2.62. The minimum Gasteiger partial charge on any atom is -0.326 e. The Kier molecular flexibility index (Phi) is 5.96. The van der Waals surface area contributed by atoms with Crippen molar-refractivity contribution in [1.82, 2.24) is 9.78 Å². The third-order valence-corrected chi connectivity index (χ3v) is 5.22. The molecule has 152 valence electrons. The van der Waals surface area contributed by atoms with Gasteiger partial charge in [-0.1, -0.05) is 29.8 Å². The summed E-state index contributed by atoms with van der Waals surface area (Å²) in [5.41, 5.74) is 1.20. The van der Waals surface area contributed by atoms with Crippen molar-refractivity contribution in [3.8, 4) is 11.1 Å². The van der Waals surface area contributed by atoms with E-state index in [1.54, 1.807) is 24.3 Å². The summed E-state index contributed by atoms with van der Waals surface area (Å²) in [7, 11) is -4.11. The van der Waals surface area contributed by atoms with Crippen LogP contribution in [0.5, 0.6) is 0 Å². The highest BCUT2D eigenvalue weighted by molar-refractivity contribution is 7.89. The normalized spacial score (nSPS) is 11.6. The molecule has 0 saturated heterocycles. The molecule has 3 aromatic rings. The fourth-order valence-corrected chi connectivity index (χ4v) is 3.40. The number of sulfonamides is 1. The van der Waals surface area contributed by atoms with Crippen molar-refractivity contribution in [2.75, 3.05) is 5.32 Å². The van der Waals surface area contributed by atoms with Crippen molar-refractivity contribution >= 4 is 33.2 Å². The van der Waals surface area contributed by atoms with E-state index in [9.17, 15) is 22.0 Å². The number of nitrogens with two attached hydrogens (primary N) is 1. The Morgan fingerprint density at radius 1 is 1.21 bits per heavy atom. The van der Waals surface area contributed by atoms with Crippen LogP contribution in [-0.4, -0.2) is 24.1 Å². The van der Waals surface area contributed by atoms with Gasteiger partial charge in [-0.15, -0.1) is 0 Å². The number of nitrogens with one attached hydrogen (secondary N) is 1. The summed E-state index contributed by atoms with van der Waals surface area (Å²) < 4.78 is 49.6. The van der Waals surface area contributed by atoms with Crippen LogP contribution in [0.2, 0.25) is 5.02 Å². The van der Waals surface area contributed by atoms with Gasteiger partial charge in [0.25, 0.3) is 0 Å². The van der Waals surface area contributed by atoms with Crippen LogP contribution >= 0.6 is 11.6 Å². The van der Waals surface area contributed by atoms with Gasteiger partial charge in [0.2, 0.25) is 15.9 Å². The van der Waals surface area contributed by atoms with E-state index < -0.39 is 22.5 Å². The zero-order valence-corrected chi connectivity index (χ0v) is 16.3. The van der Waals surface area contributed by atoms with E-state index in [1.165, 1.54) is 18.2 Å². The molecule has 0 radical (unpaired) electrons. The predicted molar refractivity (Wildman–Crippen MR) is 104 cm³/mol. The Bertz CT molecular complexity index is 1170. The van der Waals surface area contributed by atoms with Gasteiger partial charge in [-0.25, -0.2) is 18.2 Å². The summed E-state index contributed by atoms with van der Waals surface area (Å²) in [4.78, 5) is 12.1. The highest BCUT2D eigenvalue weighted by atomic mass is 35.5. The van der Waals surface area contributed by atoms with Crippen molar-refractivity contribution in [1.29, 1.82) is 0 Å². The lowest BCUT2D eigenvalue weighted by Gasteiger charge is -2.10. The summed E-state index contributed by atoms with van der Waals surface area (Å²) in [6.07, 6.45) is 2.17. The number of primary sulfonamides is 1. The van der Waals surface area contributed by atoms with Gasteiger partial charge in [0.15, 0.2) is 0 Å². The lowest BCUT2D eigenvalue weighted by atomic mass is 10.1. The van der Waals surface area contributed by atoms with Gasteiger partial charge < -0.3 is 5.32 Å². The number of nitrogens with zero attached hydrogens (tertiary/aromatic N) is 2. The molecule has 0 aliphatic carbocycles. The minimum atomic E-state index is -4.11. The number of alkyl halides is 2. The average molecular weight is 441 g/mol. The van der Waals surface area contributed by atoms with E-state index in [0.717, 1.165) is 12.4 Å². The third-order valence-electron chi connectivity index (χ3n) is 3.96. The Hall–Kier alpha value is -2.82. The van der Waals surface area contributed by atoms with E-state index in [0.29, 0.717) is 15.3 Å². The number of hydrogen-bond donors (Lipinski definition) is 2. The van der Waals surface area contributed by atoms with Gasteiger partial charge in [-0.05, 0) is 35.4 Å². The van der Waals surface area contributed by atoms with Gasteiger partial charge >= 0.3 is 6.55 Å². The Morgan fingerprint density at radius 3 is 2.55 bits per heavy atom. The molecule has 1 aromatic heterocycles. The van der Waals surface area contributed by atoms with Crippen molar-refractivity contribution < 1.29 is 22.0 Å². The molecule has 11 heteroatoms. The molecule has 2 aromatic carbocycles. The van der Waals surface area contributed by atoms with Crippen LogP contribution in [-0.2, 0) is 21.2 Å². The lowest BCUT2D eigenvalue weighted by Crippen LogP contribution is -2.16. The number of halogens is 3. The van der Waals surface area contributed by atoms with Crippen molar-refractivity contribution in [2.24, 2.45) is 5.14 Å². The molecular weight excluding hydrogens is 426 g/mol. The molecule has 0 saturated carbocycles. The van der Waals surface area contributed by atoms with Gasteiger partial charge in [0.1, 0.15) is 0 Å². The highest BCUT2D eigenvalue weighted by Crippen LogP contribution is 2.28. The molecular formula is C18H15ClF2N4O3S. The summed E-state index contributed by atoms with van der Waals surface area (Å²) in [6, 6.07) is 10.6. The van der Waals surface area contributed by atoms with Gasteiger partial charge in [0.05, 0.1) is 17.5 Å². The second-order valence-electron chi connectivity index (χ2n) is 6.09. The van der Waals surface area contributed by atoms with Crippen LogP contribution in [0.3, 0.4) is 0 Å². The lowest BCUT2D eigenvalue weighted by molar-refractivity contribution is -0.115. The SMILES string of the molecule is NS(=O)(=O)c1cc(NC(=O)Cc2ccccc2Cl)cc(-c2cnn(C(F)F)c2)c1. The minimum absolute atomic E-state index is 0.0437. The molecule has 0 aliphatic rings. The largest absolute Gasteiger partial charge is 0.333 e. The number of anilines is 1. The van der Waals surface area contributed by atoms with Crippen LogP contribution in [0.15, 0.2) is 59.8 Å². The van der Waals surface area contributed by atoms with Crippen LogP contribution in [0, 0.1) is 0 Å². The smallest absolute Gasteiger partial charge is 0.326 e. The first-order chi connectivity index (χ1) is 13.6. The topological polar surface area (TPSA) is 107 Å². The standard InChI is InChI=1S/C18H15ClF2N4O3S/c19-16-4-2-1-3-11(16)7-17(26)24-14-5-12(6-15(8-14)29(22,27)28)13-9-23-25(10-13)18(20)21/h1-6,8-10,18H,7H2,(H,24,26)(H2,22,27,28). The molecule has 0 fully saturated rings. The first-order valence-electron chi connectivity index (χ1n) is 8.17. The van der Waals surface area contributed by atoms with E-state index in [-0.39, 0.29) is 28.1 Å². The number of amides is 1. The van der Waals surface area contributed by atoms with Crippen LogP contribution in [0.1, 0.15) is 12.1 Å². The molecule has 3 rings (SSSR count). The number of benzene rings is 2. The maximum absolute atomic E-state index is 12.8. The molecule has 0 bridgehead atoms. The zero-order chi connectivity index (χ0) is 21.2. The maximum atomic E-state index is 12.8. The Labute approximate surface area is 170 Å². The summed E-state index contributed by atoms with van der Waals surface area (Å²) in [6.45, 7) is -2.85. The van der Waals surface area contributed by atoms with E-state index in [1.807, 2.05) is 0 Å². The average Bonchev–Trinajstić information content (AvgIpc) is 3.13. The van der Waals surface area contributed by atoms with Gasteiger partial charge in [0, 0.05) is 22.5 Å². The van der Waals surface area contributed by atoms with Gasteiger partial charge in [-0.3, -0.25) is 4.79 Å². The van der Waals surface area contributed by atoms with Gasteiger partial charge in [-0.2, -0.15) is 13.9 Å². The molecule has 0 unspecified atom stereocenters. The molecule has 1 amide bonds. The van der Waals surface area contributed by atoms with Crippen LogP contribution in [0.4, 0.5) is 14.5 Å². The van der Waals surface area contributed by atoms with Crippen LogP contribution in [0.25, 0.3) is 11.1 Å². The number of carbonyl (C=O) groups is 1. The maximum Gasteiger partial charge on any atom is 0.333 e. The molecule has 0 aliphatic heterocycles. The predicted octanol–water partition coefficient (Wildman–Crippen LogP) is 3.43. The molecule has 1 heterocycles. The van der Waals surface area contributed by atoms with E-state index in [4.69, 9.17) is 16.7 Å². The van der Waals surface area contributed by atoms with Crippen LogP contribution < -0.4 is 10.5 Å². The second kappa shape index (κ2) is 8.27. The second-order valence-corrected chi connectivity index (χ2v) is 8.06. The number of carbonyl (C=O) groups excluding carboxylic acids is 1. The fraction of sp³-hybridized carbons (Fsp3) is 0.111. The summed E-state index contributed by atoms with van der Waals surface area (Å²) in [5.74, 6) is -0.445. The Balaban J connectivity index is 1.93. The number of hydrogen-bond acceptors (Lipinski definition) is 4. The summed E-state index contributed by atoms with van der Waals surface area (Å²) >= 11 is 6.04. The third kappa shape index (κ3) is 5.17. The summed E-state index contributed by atoms with van der Waals surface area (Å²) in [5, 5.41) is 11.7. The number of aromatic nitrogens is 2. The molecule has 0 atom stereocenters. The van der Waals surface area contributed by atoms with Crippen molar-refractivity contribution in [2.45, 2.75) is 17.9 Å². The molecule has 7 nitrogen and oxygen atoms in total. The molecule has 29 heavy (non-hydrogen) atoms. The van der Waals surface area contributed by atoms with E-state index >= 15 is 0 Å². The first-order valence-corrected chi connectivity index (χ1v) is 10.1. The number of rotatable bonds is 6. The monoisotopic (exact) mass is 440 g/mol. The first kappa shape index (κ1) is 20.9.